The highest BCUT2D eigenvalue weighted by Gasteiger charge is 2.21. The smallest absolute Gasteiger partial charge is 0.255 e. The molecule has 0 heterocycles. The van der Waals surface area contributed by atoms with Gasteiger partial charge in [-0.15, -0.1) is 0 Å². The van der Waals surface area contributed by atoms with Crippen molar-refractivity contribution in [3.63, 3.8) is 0 Å². The molecule has 0 atom stereocenters. The highest BCUT2D eigenvalue weighted by molar-refractivity contribution is 7.89. The lowest BCUT2D eigenvalue weighted by molar-refractivity contribution is 0.102. The van der Waals surface area contributed by atoms with E-state index in [1.54, 1.807) is 24.3 Å². The Morgan fingerprint density at radius 3 is 2.34 bits per heavy atom. The third kappa shape index (κ3) is 6.09. The van der Waals surface area contributed by atoms with E-state index in [-0.39, 0.29) is 22.8 Å². The number of sulfonamides is 1. The Morgan fingerprint density at radius 2 is 1.69 bits per heavy atom. The van der Waals surface area contributed by atoms with Crippen molar-refractivity contribution in [2.45, 2.75) is 18.2 Å². The molecule has 0 saturated carbocycles. The summed E-state index contributed by atoms with van der Waals surface area (Å²) < 4.78 is 39.0. The Kier molecular flexibility index (Phi) is 7.86. The Balaban J connectivity index is 1.74. The maximum absolute atomic E-state index is 12.9. The van der Waals surface area contributed by atoms with Gasteiger partial charge in [-0.2, -0.15) is 0 Å². The normalized spacial score (nSPS) is 11.1. The number of ether oxygens (including phenoxy) is 2. The van der Waals surface area contributed by atoms with Crippen LogP contribution in [0.25, 0.3) is 0 Å². The summed E-state index contributed by atoms with van der Waals surface area (Å²) in [6.45, 7) is 2.66. The van der Waals surface area contributed by atoms with Gasteiger partial charge in [-0.1, -0.05) is 30.3 Å². The largest absolute Gasteiger partial charge is 0.495 e. The molecular weight excluding hydrogens is 428 g/mol. The van der Waals surface area contributed by atoms with Crippen molar-refractivity contribution in [2.24, 2.45) is 0 Å². The van der Waals surface area contributed by atoms with E-state index in [4.69, 9.17) is 9.47 Å². The molecule has 1 amide bonds. The molecule has 0 aliphatic rings. The van der Waals surface area contributed by atoms with Crippen LogP contribution >= 0.6 is 0 Å². The molecule has 7 nitrogen and oxygen atoms in total. The fraction of sp³-hybridized carbons (Fsp3) is 0.208. The number of rotatable bonds is 10. The summed E-state index contributed by atoms with van der Waals surface area (Å²) in [7, 11) is -2.50. The van der Waals surface area contributed by atoms with E-state index < -0.39 is 15.9 Å². The van der Waals surface area contributed by atoms with Crippen LogP contribution in [0.2, 0.25) is 0 Å². The van der Waals surface area contributed by atoms with Gasteiger partial charge >= 0.3 is 0 Å². The van der Waals surface area contributed by atoms with Crippen LogP contribution in [-0.4, -0.2) is 34.6 Å². The lowest BCUT2D eigenvalue weighted by atomic mass is 10.2. The van der Waals surface area contributed by atoms with E-state index in [1.807, 2.05) is 37.3 Å². The maximum Gasteiger partial charge on any atom is 0.255 e. The summed E-state index contributed by atoms with van der Waals surface area (Å²) in [5.41, 5.74) is 1.79. The van der Waals surface area contributed by atoms with E-state index in [2.05, 4.69) is 10.0 Å². The van der Waals surface area contributed by atoms with Crippen molar-refractivity contribution in [1.82, 2.24) is 4.72 Å². The molecule has 32 heavy (non-hydrogen) atoms. The fourth-order valence-electron chi connectivity index (χ4n) is 3.08. The molecule has 0 aliphatic carbocycles. The predicted octanol–water partition coefficient (Wildman–Crippen LogP) is 3.87. The summed E-state index contributed by atoms with van der Waals surface area (Å²) in [5.74, 6) is 0.428. The Hall–Kier alpha value is -3.36. The molecule has 0 bridgehead atoms. The average molecular weight is 455 g/mol. The van der Waals surface area contributed by atoms with Crippen molar-refractivity contribution >= 4 is 21.6 Å². The van der Waals surface area contributed by atoms with E-state index in [0.717, 1.165) is 5.56 Å². The van der Waals surface area contributed by atoms with Gasteiger partial charge in [0, 0.05) is 17.8 Å². The molecule has 0 radical (unpaired) electrons. The van der Waals surface area contributed by atoms with Crippen LogP contribution in [0.1, 0.15) is 22.8 Å². The standard InChI is InChI=1S/C24H26N2O5S/c1-3-31-21-12-10-20(11-13-21)26-24(27)19-9-14-22(30-2)23(17-19)32(28,29)25-16-15-18-7-5-4-6-8-18/h4-14,17,25H,3,15-16H2,1-2H3,(H,26,27). The zero-order chi connectivity index (χ0) is 23.0. The molecule has 3 aromatic rings. The summed E-state index contributed by atoms with van der Waals surface area (Å²) >= 11 is 0. The zero-order valence-corrected chi connectivity index (χ0v) is 18.8. The number of hydrogen-bond acceptors (Lipinski definition) is 5. The SMILES string of the molecule is CCOc1ccc(NC(=O)c2ccc(OC)c(S(=O)(=O)NCCc3ccccc3)c2)cc1. The molecule has 0 spiro atoms. The van der Waals surface area contributed by atoms with Gasteiger partial charge in [0.1, 0.15) is 16.4 Å². The Morgan fingerprint density at radius 1 is 0.969 bits per heavy atom. The summed E-state index contributed by atoms with van der Waals surface area (Å²) in [6.07, 6.45) is 0.542. The minimum absolute atomic E-state index is 0.0904. The number of carbonyl (C=O) groups is 1. The predicted molar refractivity (Wildman–Crippen MR) is 124 cm³/mol. The highest BCUT2D eigenvalue weighted by Crippen LogP contribution is 2.25. The quantitative estimate of drug-likeness (QED) is 0.485. The highest BCUT2D eigenvalue weighted by atomic mass is 32.2. The van der Waals surface area contributed by atoms with Crippen LogP contribution in [0.3, 0.4) is 0 Å². The first-order chi connectivity index (χ1) is 15.4. The molecular formula is C24H26N2O5S. The molecule has 8 heteroatoms. The van der Waals surface area contributed by atoms with Gasteiger partial charge in [-0.05, 0) is 61.4 Å². The molecule has 168 valence electrons. The van der Waals surface area contributed by atoms with E-state index in [9.17, 15) is 13.2 Å². The van der Waals surface area contributed by atoms with Crippen LogP contribution in [0.15, 0.2) is 77.7 Å². The molecule has 0 aliphatic heterocycles. The fourth-order valence-corrected chi connectivity index (χ4v) is 4.31. The number of methoxy groups -OCH3 is 1. The van der Waals surface area contributed by atoms with Crippen molar-refractivity contribution in [3.8, 4) is 11.5 Å². The maximum atomic E-state index is 12.9. The number of amides is 1. The third-order valence-electron chi connectivity index (χ3n) is 4.69. The lowest BCUT2D eigenvalue weighted by Gasteiger charge is -2.13. The van der Waals surface area contributed by atoms with Crippen molar-refractivity contribution in [3.05, 3.63) is 83.9 Å². The number of nitrogens with one attached hydrogen (secondary N) is 2. The Labute approximate surface area is 188 Å². The average Bonchev–Trinajstić information content (AvgIpc) is 2.80. The van der Waals surface area contributed by atoms with Gasteiger partial charge in [0.25, 0.3) is 5.91 Å². The number of hydrogen-bond donors (Lipinski definition) is 2. The molecule has 0 saturated heterocycles. The van der Waals surface area contributed by atoms with Gasteiger partial charge in [-0.3, -0.25) is 4.79 Å². The molecule has 3 aromatic carbocycles. The van der Waals surface area contributed by atoms with Gasteiger partial charge in [0.05, 0.1) is 13.7 Å². The summed E-state index contributed by atoms with van der Waals surface area (Å²) in [6, 6.07) is 20.8. The minimum atomic E-state index is -3.89. The van der Waals surface area contributed by atoms with Crippen LogP contribution in [0, 0.1) is 0 Å². The second-order valence-corrected chi connectivity index (χ2v) is 8.65. The van der Waals surface area contributed by atoms with E-state index in [1.165, 1.54) is 25.3 Å². The first-order valence-corrected chi connectivity index (χ1v) is 11.7. The van der Waals surface area contributed by atoms with E-state index >= 15 is 0 Å². The Bertz CT molecular complexity index is 1150. The van der Waals surface area contributed by atoms with Crippen molar-refractivity contribution in [1.29, 1.82) is 0 Å². The molecule has 0 aromatic heterocycles. The molecule has 3 rings (SSSR count). The second-order valence-electron chi connectivity index (χ2n) is 6.91. The van der Waals surface area contributed by atoms with Crippen LogP contribution < -0.4 is 19.5 Å². The minimum Gasteiger partial charge on any atom is -0.495 e. The molecule has 0 unspecified atom stereocenters. The van der Waals surface area contributed by atoms with E-state index in [0.29, 0.717) is 24.5 Å². The molecule has 2 N–H and O–H groups in total. The van der Waals surface area contributed by atoms with Crippen LogP contribution in [-0.2, 0) is 16.4 Å². The van der Waals surface area contributed by atoms with Crippen LogP contribution in [0.4, 0.5) is 5.69 Å². The topological polar surface area (TPSA) is 93.7 Å². The summed E-state index contributed by atoms with van der Waals surface area (Å²) in [5, 5.41) is 2.76. The first kappa shape index (κ1) is 23.3. The molecule has 0 fully saturated rings. The van der Waals surface area contributed by atoms with Crippen molar-refractivity contribution < 1.29 is 22.7 Å². The second kappa shape index (κ2) is 10.8. The van der Waals surface area contributed by atoms with Crippen LogP contribution in [0.5, 0.6) is 11.5 Å². The van der Waals surface area contributed by atoms with Crippen molar-refractivity contribution in [2.75, 3.05) is 25.6 Å². The number of benzene rings is 3. The van der Waals surface area contributed by atoms with Gasteiger partial charge in [-0.25, -0.2) is 13.1 Å². The number of carbonyl (C=O) groups excluding carboxylic acids is 1. The summed E-state index contributed by atoms with van der Waals surface area (Å²) in [4.78, 5) is 12.6. The van der Waals surface area contributed by atoms with Gasteiger partial charge in [0.15, 0.2) is 0 Å². The monoisotopic (exact) mass is 454 g/mol. The number of anilines is 1. The first-order valence-electron chi connectivity index (χ1n) is 10.2. The third-order valence-corrected chi connectivity index (χ3v) is 6.17. The van der Waals surface area contributed by atoms with Gasteiger partial charge in [0.2, 0.25) is 10.0 Å². The zero-order valence-electron chi connectivity index (χ0n) is 18.0. The van der Waals surface area contributed by atoms with Gasteiger partial charge < -0.3 is 14.8 Å². The lowest BCUT2D eigenvalue weighted by Crippen LogP contribution is -2.27.